The second-order valence-corrected chi connectivity index (χ2v) is 5.06. The number of carbonyl (C=O) groups is 1. The minimum Gasteiger partial charge on any atom is -0.480 e. The summed E-state index contributed by atoms with van der Waals surface area (Å²) in [7, 11) is 0. The van der Waals surface area contributed by atoms with Crippen molar-refractivity contribution in [1.29, 1.82) is 0 Å². The van der Waals surface area contributed by atoms with Crippen molar-refractivity contribution in [3.8, 4) is 11.1 Å². The SMILES string of the molecule is CCC(N)(Cc1ccccc1)C(=O)O.c1cc2cc-2c1. The summed E-state index contributed by atoms with van der Waals surface area (Å²) in [6.07, 6.45) is 0.802. The molecule has 0 amide bonds. The quantitative estimate of drug-likeness (QED) is 0.765. The molecule has 3 nitrogen and oxygen atoms in total. The van der Waals surface area contributed by atoms with Crippen molar-refractivity contribution < 1.29 is 9.90 Å². The maximum Gasteiger partial charge on any atom is 0.324 e. The van der Waals surface area contributed by atoms with Gasteiger partial charge in [0, 0.05) is 6.42 Å². The largest absolute Gasteiger partial charge is 0.480 e. The lowest BCUT2D eigenvalue weighted by Crippen LogP contribution is -2.49. The summed E-state index contributed by atoms with van der Waals surface area (Å²) in [5.41, 5.74) is 8.44. The fraction of sp³-hybridized carbons (Fsp3) is 0.235. The van der Waals surface area contributed by atoms with Crippen LogP contribution in [0.5, 0.6) is 0 Å². The predicted octanol–water partition coefficient (Wildman–Crippen LogP) is 3.09. The second-order valence-electron chi connectivity index (χ2n) is 5.06. The minimum absolute atomic E-state index is 0.375. The van der Waals surface area contributed by atoms with Gasteiger partial charge in [0.1, 0.15) is 5.54 Å². The smallest absolute Gasteiger partial charge is 0.324 e. The van der Waals surface area contributed by atoms with Crippen LogP contribution in [0.1, 0.15) is 18.9 Å². The molecule has 0 aliphatic heterocycles. The lowest BCUT2D eigenvalue weighted by Gasteiger charge is -2.22. The first-order valence-corrected chi connectivity index (χ1v) is 6.72. The standard InChI is InChI=1S/C11H15NO2.C6H4/c1-2-11(12,10(13)14)8-9-6-4-3-5-7-9;1-2-5-4-6(5)3-1/h3-7H,2,8,12H2,1H3,(H,13,14);1-4H. The molecule has 0 radical (unpaired) electrons. The Morgan fingerprint density at radius 1 is 1.10 bits per heavy atom. The van der Waals surface area contributed by atoms with Crippen LogP contribution in [0.3, 0.4) is 0 Å². The first-order chi connectivity index (χ1) is 9.55. The summed E-state index contributed by atoms with van der Waals surface area (Å²) in [6, 6.07) is 17.9. The number of benzene rings is 2. The molecule has 3 N–H and O–H groups in total. The number of nitrogens with two attached hydrogens (primary N) is 1. The highest BCUT2D eigenvalue weighted by molar-refractivity contribution is 5.80. The first-order valence-electron chi connectivity index (χ1n) is 6.72. The predicted molar refractivity (Wildman–Crippen MR) is 80.4 cm³/mol. The zero-order valence-electron chi connectivity index (χ0n) is 11.5. The van der Waals surface area contributed by atoms with E-state index in [1.54, 1.807) is 6.92 Å². The van der Waals surface area contributed by atoms with Crippen LogP contribution >= 0.6 is 0 Å². The van der Waals surface area contributed by atoms with Crippen LogP contribution in [0.25, 0.3) is 11.1 Å². The van der Waals surface area contributed by atoms with E-state index in [-0.39, 0.29) is 0 Å². The molecule has 2 aliphatic rings. The van der Waals surface area contributed by atoms with Gasteiger partial charge < -0.3 is 10.8 Å². The Hall–Kier alpha value is -2.13. The molecule has 0 bridgehead atoms. The summed E-state index contributed by atoms with van der Waals surface area (Å²) >= 11 is 0. The lowest BCUT2D eigenvalue weighted by atomic mass is 9.89. The Labute approximate surface area is 119 Å². The minimum atomic E-state index is -1.14. The topological polar surface area (TPSA) is 63.3 Å². The van der Waals surface area contributed by atoms with Crippen molar-refractivity contribution in [1.82, 2.24) is 0 Å². The van der Waals surface area contributed by atoms with Crippen molar-refractivity contribution in [2.24, 2.45) is 5.73 Å². The van der Waals surface area contributed by atoms with Crippen LogP contribution in [0, 0.1) is 0 Å². The Morgan fingerprint density at radius 3 is 2.05 bits per heavy atom. The normalized spacial score (nSPS) is 13.7. The average molecular weight is 269 g/mol. The van der Waals surface area contributed by atoms with Gasteiger partial charge >= 0.3 is 5.97 Å². The van der Waals surface area contributed by atoms with Gasteiger partial charge in [-0.05, 0) is 29.2 Å². The van der Waals surface area contributed by atoms with Crippen LogP contribution in [-0.4, -0.2) is 16.6 Å². The number of carboxylic acids is 1. The van der Waals surface area contributed by atoms with Crippen LogP contribution in [-0.2, 0) is 11.2 Å². The number of aliphatic carboxylic acids is 1. The van der Waals surface area contributed by atoms with Gasteiger partial charge in [-0.1, -0.05) is 55.5 Å². The number of carboxylic acid groups (broad SMARTS) is 1. The van der Waals surface area contributed by atoms with E-state index in [4.69, 9.17) is 10.8 Å². The van der Waals surface area contributed by atoms with Gasteiger partial charge in [0.15, 0.2) is 0 Å². The third-order valence-corrected chi connectivity index (χ3v) is 3.53. The van der Waals surface area contributed by atoms with Crippen molar-refractivity contribution in [3.63, 3.8) is 0 Å². The van der Waals surface area contributed by atoms with Crippen LogP contribution in [0.15, 0.2) is 54.6 Å². The monoisotopic (exact) mass is 269 g/mol. The van der Waals surface area contributed by atoms with Crippen molar-refractivity contribution >= 4 is 5.97 Å². The number of rotatable bonds is 4. The van der Waals surface area contributed by atoms with Gasteiger partial charge in [-0.15, -0.1) is 0 Å². The maximum atomic E-state index is 10.9. The molecule has 3 rings (SSSR count). The van der Waals surface area contributed by atoms with E-state index in [1.807, 2.05) is 30.3 Å². The molecular formula is C17H19NO2. The molecule has 3 heteroatoms. The van der Waals surface area contributed by atoms with Gasteiger partial charge in [-0.25, -0.2) is 0 Å². The molecule has 0 saturated heterocycles. The zero-order chi connectivity index (χ0) is 14.6. The summed E-state index contributed by atoms with van der Waals surface area (Å²) in [4.78, 5) is 10.9. The first kappa shape index (κ1) is 14.3. The maximum absolute atomic E-state index is 10.9. The van der Waals surface area contributed by atoms with E-state index < -0.39 is 11.5 Å². The zero-order valence-corrected chi connectivity index (χ0v) is 11.5. The van der Waals surface area contributed by atoms with E-state index in [0.717, 1.165) is 5.56 Å². The van der Waals surface area contributed by atoms with Gasteiger partial charge in [-0.3, -0.25) is 4.79 Å². The van der Waals surface area contributed by atoms with Gasteiger partial charge in [0.2, 0.25) is 0 Å². The van der Waals surface area contributed by atoms with Gasteiger partial charge in [0.25, 0.3) is 0 Å². The molecule has 104 valence electrons. The second kappa shape index (κ2) is 5.88. The van der Waals surface area contributed by atoms with Gasteiger partial charge in [-0.2, -0.15) is 0 Å². The molecule has 0 saturated carbocycles. The summed E-state index contributed by atoms with van der Waals surface area (Å²) < 4.78 is 0. The Kier molecular flexibility index (Phi) is 4.20. The third kappa shape index (κ3) is 3.45. The molecule has 1 atom stereocenters. The van der Waals surface area contributed by atoms with Crippen LogP contribution < -0.4 is 5.73 Å². The molecule has 0 spiro atoms. The molecule has 1 aromatic rings. The van der Waals surface area contributed by atoms with E-state index in [9.17, 15) is 4.79 Å². The molecule has 0 aromatic heterocycles. The van der Waals surface area contributed by atoms with E-state index >= 15 is 0 Å². The van der Waals surface area contributed by atoms with Crippen molar-refractivity contribution in [3.05, 3.63) is 60.2 Å². The fourth-order valence-corrected chi connectivity index (χ4v) is 1.99. The summed E-state index contributed by atoms with van der Waals surface area (Å²) in [5, 5.41) is 8.97. The number of hydrogen-bond acceptors (Lipinski definition) is 2. The van der Waals surface area contributed by atoms with Crippen molar-refractivity contribution in [2.75, 3.05) is 0 Å². The van der Waals surface area contributed by atoms with E-state index in [2.05, 4.69) is 24.3 Å². The van der Waals surface area contributed by atoms with Crippen LogP contribution in [0.2, 0.25) is 0 Å². The number of hydrogen-bond donors (Lipinski definition) is 2. The molecule has 1 aromatic carbocycles. The summed E-state index contributed by atoms with van der Waals surface area (Å²) in [6.45, 7) is 1.79. The third-order valence-electron chi connectivity index (χ3n) is 3.53. The average Bonchev–Trinajstić information content (AvgIpc) is 3.06. The molecular weight excluding hydrogens is 250 g/mol. The highest BCUT2D eigenvalue weighted by Crippen LogP contribution is 2.32. The lowest BCUT2D eigenvalue weighted by molar-refractivity contribution is -0.143. The van der Waals surface area contributed by atoms with E-state index in [1.165, 1.54) is 11.1 Å². The Bertz CT molecular complexity index is 578. The Balaban J connectivity index is 0.000000198. The van der Waals surface area contributed by atoms with Crippen molar-refractivity contribution in [2.45, 2.75) is 25.3 Å². The summed E-state index contributed by atoms with van der Waals surface area (Å²) in [5.74, 6) is -0.941. The molecule has 0 fully saturated rings. The fourth-order valence-electron chi connectivity index (χ4n) is 1.99. The van der Waals surface area contributed by atoms with Gasteiger partial charge in [0.05, 0.1) is 0 Å². The Morgan fingerprint density at radius 2 is 1.70 bits per heavy atom. The molecule has 0 heterocycles. The molecule has 1 unspecified atom stereocenters. The highest BCUT2D eigenvalue weighted by atomic mass is 16.4. The van der Waals surface area contributed by atoms with E-state index in [0.29, 0.717) is 12.8 Å². The highest BCUT2D eigenvalue weighted by Gasteiger charge is 2.31. The van der Waals surface area contributed by atoms with Crippen LogP contribution in [0.4, 0.5) is 0 Å². The molecule has 20 heavy (non-hydrogen) atoms. The molecule has 2 aliphatic carbocycles. The number of fused-ring (bicyclic) bond motifs is 1.